The van der Waals surface area contributed by atoms with Gasteiger partial charge in [0.05, 0.1) is 11.6 Å². The number of alkyl halides is 3. The van der Waals surface area contributed by atoms with Crippen LogP contribution in [-0.2, 0) is 40.1 Å². The Bertz CT molecular complexity index is 2200. The first-order chi connectivity index (χ1) is 28.0. The van der Waals surface area contributed by atoms with E-state index in [4.69, 9.17) is 11.5 Å². The van der Waals surface area contributed by atoms with Gasteiger partial charge in [-0.15, -0.1) is 0 Å². The highest BCUT2D eigenvalue weighted by Crippen LogP contribution is 2.44. The van der Waals surface area contributed by atoms with Crippen LogP contribution in [0.5, 0.6) is 0 Å². The fraction of sp³-hybridized carbons (Fsp3) is 0.341. The third kappa shape index (κ3) is 10.3. The number of aromatic nitrogens is 1. The Morgan fingerprint density at radius 1 is 0.776 bits per heavy atom. The number of rotatable bonds is 10. The van der Waals surface area contributed by atoms with Gasteiger partial charge in [-0.1, -0.05) is 78.5 Å². The SMILES string of the molecule is CN1C(=O)C(CCCCN)NC(=O)C(CCCN)NCc2ccccc2Sc2c(cc(-c3ccccc3)cc2C(F)(F)F)CNC(=O)C1Cc1c[nH]c2ccccc12. The molecule has 6 rings (SSSR count). The first-order valence-corrected chi connectivity index (χ1v) is 20.4. The standard InChI is InChI=1S/C44H50F3N7O3S/c1-54-38(24-31-26-50-35-16-7-6-15-33(31)35)42(56)52-27-32-22-30(28-12-3-2-4-13-28)23-34(44(45,46)47)40(32)58-39-19-8-5-14-29(39)25-51-36(18-11-21-49)41(55)53-37(43(54)57)17-9-10-20-48/h2-8,12-16,19,22-23,26,36-38,50-51H,9-11,17-18,20-21,24-25,27,48-49H2,1H3,(H,52,56)(H,53,55). The highest BCUT2D eigenvalue weighted by molar-refractivity contribution is 7.99. The molecule has 306 valence electrons. The molecule has 1 aliphatic heterocycles. The van der Waals surface area contributed by atoms with E-state index >= 15 is 13.2 Å². The van der Waals surface area contributed by atoms with Crippen molar-refractivity contribution in [2.75, 3.05) is 20.1 Å². The molecule has 58 heavy (non-hydrogen) atoms. The summed E-state index contributed by atoms with van der Waals surface area (Å²) in [5, 5.41) is 10.1. The summed E-state index contributed by atoms with van der Waals surface area (Å²) in [6.45, 7) is 0.624. The van der Waals surface area contributed by atoms with Crippen LogP contribution in [0.1, 0.15) is 54.4 Å². The van der Waals surface area contributed by atoms with E-state index in [-0.39, 0.29) is 36.4 Å². The fourth-order valence-electron chi connectivity index (χ4n) is 7.33. The number of amides is 3. The molecule has 3 amide bonds. The largest absolute Gasteiger partial charge is 0.417 e. The summed E-state index contributed by atoms with van der Waals surface area (Å²) in [5.41, 5.74) is 14.3. The summed E-state index contributed by atoms with van der Waals surface area (Å²) in [6, 6.07) is 23.5. The summed E-state index contributed by atoms with van der Waals surface area (Å²) in [6.07, 6.45) is -0.547. The number of nitrogens with zero attached hydrogens (tertiary/aromatic N) is 1. The van der Waals surface area contributed by atoms with E-state index in [1.807, 2.05) is 24.3 Å². The Morgan fingerprint density at radius 2 is 1.48 bits per heavy atom. The number of benzene rings is 4. The van der Waals surface area contributed by atoms with Crippen molar-refractivity contribution < 1.29 is 27.6 Å². The molecule has 5 aromatic rings. The third-order valence-electron chi connectivity index (χ3n) is 10.5. The lowest BCUT2D eigenvalue weighted by Gasteiger charge is -2.32. The molecule has 0 saturated carbocycles. The maximum Gasteiger partial charge on any atom is 0.417 e. The van der Waals surface area contributed by atoms with Crippen LogP contribution in [0.25, 0.3) is 22.0 Å². The number of nitrogens with two attached hydrogens (primary N) is 2. The number of unbranched alkanes of at least 4 members (excludes halogenated alkanes) is 1. The monoisotopic (exact) mass is 813 g/mol. The van der Waals surface area contributed by atoms with E-state index in [2.05, 4.69) is 20.9 Å². The molecule has 2 heterocycles. The predicted molar refractivity (Wildman–Crippen MR) is 222 cm³/mol. The van der Waals surface area contributed by atoms with Crippen molar-refractivity contribution >= 4 is 40.4 Å². The highest BCUT2D eigenvalue weighted by atomic mass is 32.2. The van der Waals surface area contributed by atoms with Crippen LogP contribution in [0.3, 0.4) is 0 Å². The second-order valence-corrected chi connectivity index (χ2v) is 15.6. The second-order valence-electron chi connectivity index (χ2n) is 14.5. The van der Waals surface area contributed by atoms with Gasteiger partial charge in [0.25, 0.3) is 0 Å². The number of halogens is 3. The zero-order valence-corrected chi connectivity index (χ0v) is 33.2. The molecule has 0 spiro atoms. The molecule has 14 heteroatoms. The number of para-hydroxylation sites is 1. The van der Waals surface area contributed by atoms with Gasteiger partial charge in [-0.3, -0.25) is 14.4 Å². The van der Waals surface area contributed by atoms with Crippen molar-refractivity contribution in [2.24, 2.45) is 11.5 Å². The van der Waals surface area contributed by atoms with Crippen LogP contribution < -0.4 is 27.4 Å². The minimum atomic E-state index is -4.74. The second kappa shape index (κ2) is 19.5. The molecule has 0 fully saturated rings. The van der Waals surface area contributed by atoms with E-state index in [9.17, 15) is 14.4 Å². The van der Waals surface area contributed by atoms with Gasteiger partial charge in [-0.25, -0.2) is 0 Å². The molecule has 1 aromatic heterocycles. The molecule has 0 bridgehead atoms. The fourth-order valence-corrected chi connectivity index (χ4v) is 8.51. The number of nitrogens with one attached hydrogen (secondary N) is 4. The third-order valence-corrected chi connectivity index (χ3v) is 11.8. The Hall–Kier alpha value is -5.15. The Morgan fingerprint density at radius 3 is 2.24 bits per heavy atom. The number of H-pyrrole nitrogens is 1. The topological polar surface area (TPSA) is 158 Å². The van der Waals surface area contributed by atoms with Crippen LogP contribution >= 0.6 is 11.8 Å². The van der Waals surface area contributed by atoms with Crippen LogP contribution in [-0.4, -0.2) is 65.9 Å². The summed E-state index contributed by atoms with van der Waals surface area (Å²) < 4.78 is 45.5. The van der Waals surface area contributed by atoms with Gasteiger partial charge in [0.15, 0.2) is 0 Å². The van der Waals surface area contributed by atoms with Gasteiger partial charge in [0.2, 0.25) is 17.7 Å². The Labute approximate surface area is 340 Å². The zero-order valence-electron chi connectivity index (χ0n) is 32.4. The first-order valence-electron chi connectivity index (χ1n) is 19.6. The van der Waals surface area contributed by atoms with Crippen molar-refractivity contribution in [2.45, 2.75) is 85.7 Å². The summed E-state index contributed by atoms with van der Waals surface area (Å²) in [4.78, 5) is 48.2. The van der Waals surface area contributed by atoms with E-state index in [1.54, 1.807) is 66.9 Å². The van der Waals surface area contributed by atoms with Crippen molar-refractivity contribution in [3.05, 3.63) is 119 Å². The van der Waals surface area contributed by atoms with Gasteiger partial charge < -0.3 is 37.3 Å². The van der Waals surface area contributed by atoms with E-state index in [1.165, 1.54) is 11.9 Å². The van der Waals surface area contributed by atoms with Gasteiger partial charge in [-0.2, -0.15) is 13.2 Å². The lowest BCUT2D eigenvalue weighted by molar-refractivity contribution is -0.142. The first kappa shape index (κ1) is 42.5. The zero-order chi connectivity index (χ0) is 41.2. The molecule has 0 aliphatic carbocycles. The molecular formula is C44H50F3N7O3S. The molecule has 1 aliphatic rings. The number of fused-ring (bicyclic) bond motifs is 3. The molecule has 3 atom stereocenters. The number of likely N-dealkylation sites (N-methyl/N-ethyl adjacent to an activating group) is 1. The molecule has 3 unspecified atom stereocenters. The van der Waals surface area contributed by atoms with Crippen molar-refractivity contribution in [1.29, 1.82) is 0 Å². The van der Waals surface area contributed by atoms with Crippen LogP contribution in [0.4, 0.5) is 13.2 Å². The molecule has 4 aromatic carbocycles. The molecule has 0 saturated heterocycles. The smallest absolute Gasteiger partial charge is 0.361 e. The molecule has 10 nitrogen and oxygen atoms in total. The van der Waals surface area contributed by atoms with E-state index < -0.39 is 47.6 Å². The van der Waals surface area contributed by atoms with Crippen LogP contribution in [0.2, 0.25) is 0 Å². The molecular weight excluding hydrogens is 764 g/mol. The van der Waals surface area contributed by atoms with Gasteiger partial charge in [0, 0.05) is 53.4 Å². The Balaban J connectivity index is 1.49. The maximum absolute atomic E-state index is 15.2. The summed E-state index contributed by atoms with van der Waals surface area (Å²) in [5.74, 6) is -1.45. The van der Waals surface area contributed by atoms with Gasteiger partial charge in [-0.05, 0) is 97.3 Å². The number of hydrogen-bond acceptors (Lipinski definition) is 7. The van der Waals surface area contributed by atoms with Crippen LogP contribution in [0.15, 0.2) is 107 Å². The number of carbonyl (C=O) groups is 3. The number of carbonyl (C=O) groups excluding carboxylic acids is 3. The minimum absolute atomic E-state index is 0.0563. The van der Waals surface area contributed by atoms with Gasteiger partial charge in [0.1, 0.15) is 12.1 Å². The average molecular weight is 814 g/mol. The Kier molecular flexibility index (Phi) is 14.3. The van der Waals surface area contributed by atoms with Crippen molar-refractivity contribution in [3.8, 4) is 11.1 Å². The summed E-state index contributed by atoms with van der Waals surface area (Å²) in [7, 11) is 1.53. The van der Waals surface area contributed by atoms with E-state index in [0.717, 1.165) is 34.3 Å². The molecule has 8 N–H and O–H groups in total. The highest BCUT2D eigenvalue weighted by Gasteiger charge is 2.37. The van der Waals surface area contributed by atoms with Crippen LogP contribution in [0, 0.1) is 0 Å². The quantitative estimate of drug-likeness (QED) is 0.0878. The minimum Gasteiger partial charge on any atom is -0.361 e. The number of aromatic amines is 1. The average Bonchev–Trinajstić information content (AvgIpc) is 3.64. The maximum atomic E-state index is 15.2. The van der Waals surface area contributed by atoms with E-state index in [0.29, 0.717) is 60.4 Å². The molecule has 0 radical (unpaired) electrons. The van der Waals surface area contributed by atoms with Crippen molar-refractivity contribution in [1.82, 2.24) is 25.8 Å². The number of hydrogen-bond donors (Lipinski definition) is 6. The lowest BCUT2D eigenvalue weighted by atomic mass is 9.98. The lowest BCUT2D eigenvalue weighted by Crippen LogP contribution is -2.57. The van der Waals surface area contributed by atoms with Gasteiger partial charge >= 0.3 is 6.18 Å². The normalized spacial score (nSPS) is 18.6. The summed E-state index contributed by atoms with van der Waals surface area (Å²) >= 11 is 0.967. The van der Waals surface area contributed by atoms with Crippen molar-refractivity contribution in [3.63, 3.8) is 0 Å². The predicted octanol–water partition coefficient (Wildman–Crippen LogP) is 6.52.